The maximum absolute atomic E-state index is 13.0. The first-order valence-electron chi connectivity index (χ1n) is 8.71. The van der Waals surface area contributed by atoms with Crippen molar-refractivity contribution in [3.8, 4) is 0 Å². The van der Waals surface area contributed by atoms with Crippen LogP contribution in [-0.2, 0) is 10.0 Å². The number of anilines is 2. The van der Waals surface area contributed by atoms with E-state index >= 15 is 0 Å². The fourth-order valence-electron chi connectivity index (χ4n) is 2.64. The summed E-state index contributed by atoms with van der Waals surface area (Å²) in [5.41, 5.74) is 2.70. The van der Waals surface area contributed by atoms with Crippen LogP contribution in [0.2, 0.25) is 0 Å². The van der Waals surface area contributed by atoms with Crippen molar-refractivity contribution in [2.24, 2.45) is 0 Å². The van der Waals surface area contributed by atoms with Gasteiger partial charge < -0.3 is 0 Å². The number of amides is 1. The van der Waals surface area contributed by atoms with Crippen LogP contribution in [0.1, 0.15) is 21.6 Å². The Kier molecular flexibility index (Phi) is 6.30. The highest BCUT2D eigenvalue weighted by Gasteiger charge is 2.22. The first-order valence-corrected chi connectivity index (χ1v) is 12.2. The molecule has 0 saturated heterocycles. The molecule has 0 spiro atoms. The third-order valence-electron chi connectivity index (χ3n) is 4.31. The van der Waals surface area contributed by atoms with Crippen LogP contribution < -0.4 is 9.62 Å². The number of nitrogens with zero attached hydrogens (tertiary/aromatic N) is 2. The monoisotopic (exact) mass is 447 g/mol. The quantitative estimate of drug-likeness (QED) is 0.561. The lowest BCUT2D eigenvalue weighted by Crippen LogP contribution is -2.26. The molecule has 2 aromatic carbocycles. The maximum atomic E-state index is 13.0. The Labute approximate surface area is 179 Å². The summed E-state index contributed by atoms with van der Waals surface area (Å²) in [5, 5.41) is 3.23. The van der Waals surface area contributed by atoms with E-state index in [-0.39, 0.29) is 10.5 Å². The van der Waals surface area contributed by atoms with E-state index in [1.54, 1.807) is 36.0 Å². The summed E-state index contributed by atoms with van der Waals surface area (Å²) in [5.74, 6) is -0.401. The van der Waals surface area contributed by atoms with Gasteiger partial charge in [0, 0.05) is 12.6 Å². The van der Waals surface area contributed by atoms with E-state index in [9.17, 15) is 13.2 Å². The summed E-state index contributed by atoms with van der Waals surface area (Å²) in [6.07, 6.45) is 1.95. The van der Waals surface area contributed by atoms with Gasteiger partial charge >= 0.3 is 0 Å². The fourth-order valence-corrected chi connectivity index (χ4v) is 5.49. The summed E-state index contributed by atoms with van der Waals surface area (Å²) in [4.78, 5) is 17.0. The third-order valence-corrected chi connectivity index (χ3v) is 8.38. The van der Waals surface area contributed by atoms with Gasteiger partial charge in [-0.05, 0) is 50.4 Å². The van der Waals surface area contributed by atoms with Crippen molar-refractivity contribution in [2.45, 2.75) is 23.0 Å². The van der Waals surface area contributed by atoms with Gasteiger partial charge in [0.1, 0.15) is 0 Å². The lowest BCUT2D eigenvalue weighted by atomic mass is 10.2. The summed E-state index contributed by atoms with van der Waals surface area (Å²) in [6.45, 7) is 3.82. The number of benzene rings is 2. The van der Waals surface area contributed by atoms with E-state index < -0.39 is 15.9 Å². The van der Waals surface area contributed by atoms with Crippen molar-refractivity contribution in [1.82, 2.24) is 4.98 Å². The molecule has 3 aromatic rings. The number of hydrogen-bond acceptors (Lipinski definition) is 6. The zero-order chi connectivity index (χ0) is 21.2. The number of hydrogen-bond donors (Lipinski definition) is 1. The summed E-state index contributed by atoms with van der Waals surface area (Å²) in [6, 6.07) is 13.2. The minimum Gasteiger partial charge on any atom is -0.298 e. The Morgan fingerprint density at radius 3 is 2.45 bits per heavy atom. The van der Waals surface area contributed by atoms with Crippen LogP contribution >= 0.6 is 23.1 Å². The summed E-state index contributed by atoms with van der Waals surface area (Å²) >= 11 is 2.96. The first-order chi connectivity index (χ1) is 13.7. The van der Waals surface area contributed by atoms with E-state index in [1.807, 2.05) is 32.2 Å². The predicted molar refractivity (Wildman–Crippen MR) is 120 cm³/mol. The topological polar surface area (TPSA) is 79.4 Å². The molecule has 0 aliphatic heterocycles. The molecule has 1 amide bonds. The maximum Gasteiger partial charge on any atom is 0.264 e. The Bertz CT molecular complexity index is 1140. The SMILES string of the molecule is CSc1sc(NC(=O)c2cccc(S(=O)(=O)N(C)c3ccc(C)cc3)c2)nc1C. The zero-order valence-corrected chi connectivity index (χ0v) is 18.9. The van der Waals surface area contributed by atoms with Crippen LogP contribution in [0.15, 0.2) is 57.6 Å². The highest BCUT2D eigenvalue weighted by Crippen LogP contribution is 2.30. The molecule has 152 valence electrons. The lowest BCUT2D eigenvalue weighted by molar-refractivity contribution is 0.102. The highest BCUT2D eigenvalue weighted by molar-refractivity contribution is 8.00. The van der Waals surface area contributed by atoms with E-state index in [1.165, 1.54) is 34.8 Å². The van der Waals surface area contributed by atoms with Crippen LogP contribution in [0.5, 0.6) is 0 Å². The van der Waals surface area contributed by atoms with Gasteiger partial charge in [0.25, 0.3) is 15.9 Å². The predicted octanol–water partition coefficient (Wildman–Crippen LogP) is 4.56. The molecule has 1 N–H and O–H groups in total. The molecule has 3 rings (SSSR count). The van der Waals surface area contributed by atoms with Crippen LogP contribution in [-0.4, -0.2) is 32.6 Å². The number of aryl methyl sites for hydroxylation is 2. The van der Waals surface area contributed by atoms with Crippen molar-refractivity contribution < 1.29 is 13.2 Å². The van der Waals surface area contributed by atoms with Crippen LogP contribution in [0.4, 0.5) is 10.8 Å². The second-order valence-corrected chi connectivity index (χ2v) is 10.4. The summed E-state index contributed by atoms with van der Waals surface area (Å²) < 4.78 is 28.3. The average Bonchev–Trinajstić information content (AvgIpc) is 3.07. The molecule has 0 atom stereocenters. The fraction of sp³-hybridized carbons (Fsp3) is 0.200. The Hall–Kier alpha value is -2.36. The van der Waals surface area contributed by atoms with Gasteiger partial charge in [-0.3, -0.25) is 14.4 Å². The number of carbonyl (C=O) groups excluding carboxylic acids is 1. The molecule has 0 bridgehead atoms. The van der Waals surface area contributed by atoms with E-state index in [2.05, 4.69) is 10.3 Å². The number of nitrogens with one attached hydrogen (secondary N) is 1. The lowest BCUT2D eigenvalue weighted by Gasteiger charge is -2.20. The molecule has 9 heteroatoms. The molecule has 1 aromatic heterocycles. The smallest absolute Gasteiger partial charge is 0.264 e. The van der Waals surface area contributed by atoms with Crippen LogP contribution in [0, 0.1) is 13.8 Å². The van der Waals surface area contributed by atoms with Gasteiger partial charge in [-0.25, -0.2) is 13.4 Å². The van der Waals surface area contributed by atoms with Gasteiger partial charge in [-0.2, -0.15) is 0 Å². The normalized spacial score (nSPS) is 11.3. The number of sulfonamides is 1. The van der Waals surface area contributed by atoms with Crippen molar-refractivity contribution in [1.29, 1.82) is 0 Å². The van der Waals surface area contributed by atoms with Crippen molar-refractivity contribution >= 4 is 49.8 Å². The van der Waals surface area contributed by atoms with E-state index in [0.717, 1.165) is 15.5 Å². The molecule has 0 aliphatic carbocycles. The van der Waals surface area contributed by atoms with Gasteiger partial charge in [0.05, 0.1) is 20.5 Å². The van der Waals surface area contributed by atoms with Gasteiger partial charge in [0.15, 0.2) is 5.13 Å². The number of thioether (sulfide) groups is 1. The first kappa shape index (κ1) is 21.4. The average molecular weight is 448 g/mol. The van der Waals surface area contributed by atoms with E-state index in [4.69, 9.17) is 0 Å². The molecule has 0 aliphatic rings. The highest BCUT2D eigenvalue weighted by atomic mass is 32.2. The minimum absolute atomic E-state index is 0.0494. The van der Waals surface area contributed by atoms with Crippen molar-refractivity contribution in [2.75, 3.05) is 22.9 Å². The van der Waals surface area contributed by atoms with E-state index in [0.29, 0.717) is 10.8 Å². The molecule has 0 radical (unpaired) electrons. The molecule has 0 fully saturated rings. The van der Waals surface area contributed by atoms with Crippen LogP contribution in [0.3, 0.4) is 0 Å². The second kappa shape index (κ2) is 8.56. The third kappa shape index (κ3) is 4.63. The summed E-state index contributed by atoms with van der Waals surface area (Å²) in [7, 11) is -2.31. The largest absolute Gasteiger partial charge is 0.298 e. The Morgan fingerprint density at radius 1 is 1.14 bits per heavy atom. The van der Waals surface area contributed by atoms with Crippen molar-refractivity contribution in [3.05, 3.63) is 65.4 Å². The standard InChI is InChI=1S/C20H21N3O3S3/c1-13-8-10-16(11-9-13)23(3)29(25,26)17-7-5-6-15(12-17)18(24)22-20-21-14(2)19(27-4)28-20/h5-12H,1-4H3,(H,21,22,24). The molecule has 6 nitrogen and oxygen atoms in total. The second-order valence-electron chi connectivity index (χ2n) is 6.39. The Morgan fingerprint density at radius 2 is 1.83 bits per heavy atom. The number of rotatable bonds is 6. The van der Waals surface area contributed by atoms with Gasteiger partial charge in [-0.15, -0.1) is 11.8 Å². The molecule has 0 unspecified atom stereocenters. The minimum atomic E-state index is -3.80. The Balaban J connectivity index is 1.85. The number of thiazole rings is 1. The molecule has 0 saturated carbocycles. The van der Waals surface area contributed by atoms with Gasteiger partial charge in [0.2, 0.25) is 0 Å². The molecular formula is C20H21N3O3S3. The number of carbonyl (C=O) groups is 1. The molecule has 1 heterocycles. The number of aromatic nitrogens is 1. The van der Waals surface area contributed by atoms with Crippen molar-refractivity contribution in [3.63, 3.8) is 0 Å². The molecular weight excluding hydrogens is 426 g/mol. The zero-order valence-electron chi connectivity index (χ0n) is 16.5. The molecule has 29 heavy (non-hydrogen) atoms. The van der Waals surface area contributed by atoms with Crippen LogP contribution in [0.25, 0.3) is 0 Å². The van der Waals surface area contributed by atoms with Gasteiger partial charge in [-0.1, -0.05) is 35.1 Å².